The minimum atomic E-state index is -0.887. The molecule has 1 aromatic rings. The molecular weight excluding hydrogens is 252 g/mol. The lowest BCUT2D eigenvalue weighted by molar-refractivity contribution is -0.120. The third-order valence-electron chi connectivity index (χ3n) is 2.67. The van der Waals surface area contributed by atoms with Crippen LogP contribution in [0, 0.1) is 6.92 Å². The lowest BCUT2D eigenvalue weighted by Gasteiger charge is -2.15. The van der Waals surface area contributed by atoms with E-state index in [2.05, 4.69) is 5.32 Å². The van der Waals surface area contributed by atoms with Gasteiger partial charge in [-0.05, 0) is 25.6 Å². The first-order valence-electron chi connectivity index (χ1n) is 5.65. The van der Waals surface area contributed by atoms with Crippen LogP contribution in [0.2, 0.25) is 0 Å². The van der Waals surface area contributed by atoms with Gasteiger partial charge in [-0.2, -0.15) is 0 Å². The Bertz CT molecular complexity index is 443. The van der Waals surface area contributed by atoms with Gasteiger partial charge in [0, 0.05) is 31.4 Å². The van der Waals surface area contributed by atoms with E-state index in [0.29, 0.717) is 24.4 Å². The van der Waals surface area contributed by atoms with Crippen LogP contribution in [-0.4, -0.2) is 42.5 Å². The van der Waals surface area contributed by atoms with Crippen LogP contribution in [0.4, 0.5) is 0 Å². The number of aryl methyl sites for hydroxylation is 1. The lowest BCUT2D eigenvalue weighted by atomic mass is 10.2. The number of rotatable bonds is 6. The van der Waals surface area contributed by atoms with Crippen LogP contribution < -0.4 is 5.32 Å². The first-order chi connectivity index (χ1) is 8.43. The molecule has 0 bridgehead atoms. The highest BCUT2D eigenvalue weighted by Crippen LogP contribution is 2.22. The highest BCUT2D eigenvalue weighted by atomic mass is 32.1. The van der Waals surface area contributed by atoms with Gasteiger partial charge in [0.15, 0.2) is 0 Å². The molecule has 0 aromatic carbocycles. The van der Waals surface area contributed by atoms with Gasteiger partial charge in [0.1, 0.15) is 4.88 Å². The highest BCUT2D eigenvalue weighted by Gasteiger charge is 2.12. The zero-order valence-electron chi connectivity index (χ0n) is 10.8. The summed E-state index contributed by atoms with van der Waals surface area (Å²) in [6.07, 6.45) is 0.446. The molecule has 6 heteroatoms. The van der Waals surface area contributed by atoms with E-state index >= 15 is 0 Å². The molecular formula is C12H18N2O3S. The molecule has 0 aliphatic carbocycles. The molecule has 0 atom stereocenters. The van der Waals surface area contributed by atoms with Gasteiger partial charge in [-0.15, -0.1) is 11.3 Å². The van der Waals surface area contributed by atoms with E-state index in [1.165, 1.54) is 11.3 Å². The Morgan fingerprint density at radius 3 is 2.67 bits per heavy atom. The van der Waals surface area contributed by atoms with E-state index in [0.717, 1.165) is 10.4 Å². The normalized spacial score (nSPS) is 10.7. The minimum Gasteiger partial charge on any atom is -0.477 e. The number of amides is 1. The number of thiophene rings is 1. The Labute approximate surface area is 110 Å². The summed E-state index contributed by atoms with van der Waals surface area (Å²) >= 11 is 1.29. The number of nitrogens with zero attached hydrogens (tertiary/aromatic N) is 1. The van der Waals surface area contributed by atoms with Crippen LogP contribution in [0.25, 0.3) is 0 Å². The molecule has 0 unspecified atom stereocenters. The summed E-state index contributed by atoms with van der Waals surface area (Å²) in [5.41, 5.74) is 1.01. The molecule has 0 fully saturated rings. The lowest BCUT2D eigenvalue weighted by Crippen LogP contribution is -2.26. The minimum absolute atomic E-state index is 0.00937. The van der Waals surface area contributed by atoms with Crippen molar-refractivity contribution in [1.29, 1.82) is 0 Å². The average molecular weight is 270 g/mol. The summed E-state index contributed by atoms with van der Waals surface area (Å²) < 4.78 is 0. The Kier molecular flexibility index (Phi) is 5.30. The second-order valence-corrected chi connectivity index (χ2v) is 5.41. The smallest absolute Gasteiger partial charge is 0.345 e. The molecule has 5 nitrogen and oxygen atoms in total. The monoisotopic (exact) mass is 270 g/mol. The summed E-state index contributed by atoms with van der Waals surface area (Å²) in [4.78, 5) is 25.4. The van der Waals surface area contributed by atoms with Crippen LogP contribution in [-0.2, 0) is 11.3 Å². The standard InChI is InChI=1S/C12H18N2O3S/c1-8-9(6-10(18-8)12(16)17)7-14(3)5-4-11(15)13-2/h6H,4-5,7H2,1-3H3,(H,13,15)(H,16,17). The van der Waals surface area contributed by atoms with Crippen LogP contribution in [0.15, 0.2) is 6.07 Å². The zero-order chi connectivity index (χ0) is 13.7. The van der Waals surface area contributed by atoms with E-state index < -0.39 is 5.97 Å². The molecule has 0 aliphatic rings. The second-order valence-electron chi connectivity index (χ2n) is 4.16. The summed E-state index contributed by atoms with van der Waals surface area (Å²) in [6, 6.07) is 1.71. The topological polar surface area (TPSA) is 69.6 Å². The number of hydrogen-bond donors (Lipinski definition) is 2. The van der Waals surface area contributed by atoms with Crippen LogP contribution in [0.1, 0.15) is 26.5 Å². The van der Waals surface area contributed by atoms with Crippen molar-refractivity contribution in [3.8, 4) is 0 Å². The fourth-order valence-corrected chi connectivity index (χ4v) is 2.44. The Balaban J connectivity index is 2.56. The van der Waals surface area contributed by atoms with Crippen molar-refractivity contribution in [2.75, 3.05) is 20.6 Å². The Morgan fingerprint density at radius 1 is 1.50 bits per heavy atom. The van der Waals surface area contributed by atoms with Crippen molar-refractivity contribution in [1.82, 2.24) is 10.2 Å². The maximum absolute atomic E-state index is 11.1. The molecule has 0 spiro atoms. The number of carboxylic acids is 1. The first kappa shape index (κ1) is 14.7. The van der Waals surface area contributed by atoms with Crippen LogP contribution >= 0.6 is 11.3 Å². The van der Waals surface area contributed by atoms with Crippen molar-refractivity contribution in [3.63, 3.8) is 0 Å². The van der Waals surface area contributed by atoms with E-state index in [1.807, 2.05) is 18.9 Å². The number of carbonyl (C=O) groups excluding carboxylic acids is 1. The summed E-state index contributed by atoms with van der Waals surface area (Å²) in [5, 5.41) is 11.5. The quantitative estimate of drug-likeness (QED) is 0.818. The third-order valence-corrected chi connectivity index (χ3v) is 3.75. The van der Waals surface area contributed by atoms with E-state index in [9.17, 15) is 9.59 Å². The van der Waals surface area contributed by atoms with E-state index in [4.69, 9.17) is 5.11 Å². The van der Waals surface area contributed by atoms with Gasteiger partial charge < -0.3 is 15.3 Å². The van der Waals surface area contributed by atoms with Crippen molar-refractivity contribution < 1.29 is 14.7 Å². The maximum atomic E-state index is 11.1. The van der Waals surface area contributed by atoms with Crippen molar-refractivity contribution >= 4 is 23.2 Å². The van der Waals surface area contributed by atoms with Crippen LogP contribution in [0.3, 0.4) is 0 Å². The van der Waals surface area contributed by atoms with Gasteiger partial charge in [0.2, 0.25) is 5.91 Å². The van der Waals surface area contributed by atoms with Gasteiger partial charge in [0.05, 0.1) is 0 Å². The zero-order valence-corrected chi connectivity index (χ0v) is 11.6. The number of carboxylic acid groups (broad SMARTS) is 1. The molecule has 0 saturated heterocycles. The van der Waals surface area contributed by atoms with E-state index in [1.54, 1.807) is 13.1 Å². The molecule has 0 radical (unpaired) electrons. The highest BCUT2D eigenvalue weighted by molar-refractivity contribution is 7.14. The first-order valence-corrected chi connectivity index (χ1v) is 6.47. The van der Waals surface area contributed by atoms with Crippen molar-refractivity contribution in [2.45, 2.75) is 19.9 Å². The molecule has 1 amide bonds. The predicted octanol–water partition coefficient (Wildman–Crippen LogP) is 1.32. The van der Waals surface area contributed by atoms with Gasteiger partial charge in [-0.1, -0.05) is 0 Å². The Hall–Kier alpha value is -1.40. The summed E-state index contributed by atoms with van der Waals surface area (Å²) in [7, 11) is 3.53. The van der Waals surface area contributed by atoms with E-state index in [-0.39, 0.29) is 5.91 Å². The molecule has 2 N–H and O–H groups in total. The second kappa shape index (κ2) is 6.51. The van der Waals surface area contributed by atoms with Gasteiger partial charge in [-0.3, -0.25) is 4.79 Å². The molecule has 1 aromatic heterocycles. The molecule has 100 valence electrons. The van der Waals surface area contributed by atoms with Crippen molar-refractivity contribution in [3.05, 3.63) is 21.4 Å². The van der Waals surface area contributed by atoms with Gasteiger partial charge in [-0.25, -0.2) is 4.79 Å². The van der Waals surface area contributed by atoms with Gasteiger partial charge >= 0.3 is 5.97 Å². The van der Waals surface area contributed by atoms with Crippen LogP contribution in [0.5, 0.6) is 0 Å². The molecule has 0 aliphatic heterocycles. The predicted molar refractivity (Wildman–Crippen MR) is 71.0 cm³/mol. The van der Waals surface area contributed by atoms with Gasteiger partial charge in [0.25, 0.3) is 0 Å². The summed E-state index contributed by atoms with van der Waals surface area (Å²) in [6.45, 7) is 3.23. The largest absolute Gasteiger partial charge is 0.477 e. The fraction of sp³-hybridized carbons (Fsp3) is 0.500. The third kappa shape index (κ3) is 4.12. The number of aromatic carboxylic acids is 1. The SMILES string of the molecule is CNC(=O)CCN(C)Cc1cc(C(=O)O)sc1C. The fourth-order valence-electron chi connectivity index (χ4n) is 1.57. The van der Waals surface area contributed by atoms with Crippen molar-refractivity contribution in [2.24, 2.45) is 0 Å². The number of carbonyl (C=O) groups is 2. The molecule has 0 saturated carbocycles. The maximum Gasteiger partial charge on any atom is 0.345 e. The molecule has 18 heavy (non-hydrogen) atoms. The summed E-state index contributed by atoms with van der Waals surface area (Å²) in [5.74, 6) is -0.877. The number of nitrogens with one attached hydrogen (secondary N) is 1. The Morgan fingerprint density at radius 2 is 2.17 bits per heavy atom. The average Bonchev–Trinajstić information content (AvgIpc) is 2.68. The molecule has 1 rings (SSSR count). The molecule has 1 heterocycles. The number of hydrogen-bond acceptors (Lipinski definition) is 4.